The summed E-state index contributed by atoms with van der Waals surface area (Å²) in [5, 5.41) is 0. The molecular formula is C15H21NO2. The zero-order valence-electron chi connectivity index (χ0n) is 11.1. The topological polar surface area (TPSA) is 44.5 Å². The summed E-state index contributed by atoms with van der Waals surface area (Å²) < 4.78 is 12.1. The van der Waals surface area contributed by atoms with Gasteiger partial charge in [-0.05, 0) is 19.9 Å². The SMILES string of the molecule is CC1CC2(CC(C)O1)C[C@@H](N)c1ccccc1O2. The van der Waals surface area contributed by atoms with Crippen molar-refractivity contribution in [3.05, 3.63) is 29.8 Å². The third-order valence-corrected chi connectivity index (χ3v) is 4.02. The van der Waals surface area contributed by atoms with Gasteiger partial charge in [-0.2, -0.15) is 0 Å². The minimum Gasteiger partial charge on any atom is -0.487 e. The van der Waals surface area contributed by atoms with Crippen molar-refractivity contribution in [1.82, 2.24) is 0 Å². The Morgan fingerprint density at radius 1 is 1.11 bits per heavy atom. The molecule has 1 saturated heterocycles. The number of hydrogen-bond donors (Lipinski definition) is 1. The van der Waals surface area contributed by atoms with Crippen molar-refractivity contribution < 1.29 is 9.47 Å². The molecule has 1 aromatic carbocycles. The fraction of sp³-hybridized carbons (Fsp3) is 0.600. The Morgan fingerprint density at radius 2 is 1.78 bits per heavy atom. The van der Waals surface area contributed by atoms with E-state index in [0.717, 1.165) is 30.6 Å². The summed E-state index contributed by atoms with van der Waals surface area (Å²) in [7, 11) is 0. The van der Waals surface area contributed by atoms with E-state index in [1.165, 1.54) is 0 Å². The molecule has 0 saturated carbocycles. The van der Waals surface area contributed by atoms with Crippen molar-refractivity contribution in [2.45, 2.75) is 57.0 Å². The summed E-state index contributed by atoms with van der Waals surface area (Å²) in [4.78, 5) is 0. The molecule has 2 heterocycles. The average Bonchev–Trinajstić information content (AvgIpc) is 2.26. The van der Waals surface area contributed by atoms with Crippen LogP contribution in [0.5, 0.6) is 5.75 Å². The van der Waals surface area contributed by atoms with Gasteiger partial charge in [0.2, 0.25) is 0 Å². The second-order valence-corrected chi connectivity index (χ2v) is 5.80. The number of ether oxygens (including phenoxy) is 2. The largest absolute Gasteiger partial charge is 0.487 e. The highest BCUT2D eigenvalue weighted by Crippen LogP contribution is 2.45. The zero-order chi connectivity index (χ0) is 12.8. The van der Waals surface area contributed by atoms with Gasteiger partial charge >= 0.3 is 0 Å². The lowest BCUT2D eigenvalue weighted by molar-refractivity contribution is -0.129. The quantitative estimate of drug-likeness (QED) is 0.766. The highest BCUT2D eigenvalue weighted by molar-refractivity contribution is 5.38. The van der Waals surface area contributed by atoms with Gasteiger partial charge in [0, 0.05) is 30.9 Å². The predicted octanol–water partition coefficient (Wildman–Crippen LogP) is 2.80. The molecule has 1 fully saturated rings. The molecular weight excluding hydrogens is 226 g/mol. The van der Waals surface area contributed by atoms with E-state index in [1.54, 1.807) is 0 Å². The monoisotopic (exact) mass is 247 g/mol. The standard InChI is InChI=1S/C15H21NO2/c1-10-7-15(8-11(2)17-10)9-13(16)12-5-3-4-6-14(12)18-15/h3-6,10-11,13H,7-9,16H2,1-2H3/t10?,11?,13-,15?/m1/s1. The van der Waals surface area contributed by atoms with E-state index in [4.69, 9.17) is 15.2 Å². The zero-order valence-corrected chi connectivity index (χ0v) is 11.1. The predicted molar refractivity (Wildman–Crippen MR) is 70.6 cm³/mol. The number of para-hydroxylation sites is 1. The van der Waals surface area contributed by atoms with Crippen molar-refractivity contribution in [3.8, 4) is 5.75 Å². The normalized spacial score (nSPS) is 39.2. The molecule has 0 radical (unpaired) electrons. The van der Waals surface area contributed by atoms with Gasteiger partial charge in [-0.25, -0.2) is 0 Å². The number of nitrogens with two attached hydrogens (primary N) is 1. The van der Waals surface area contributed by atoms with Crippen molar-refractivity contribution in [1.29, 1.82) is 0 Å². The molecule has 3 heteroatoms. The van der Waals surface area contributed by atoms with E-state index in [0.29, 0.717) is 0 Å². The minimum absolute atomic E-state index is 0.0763. The van der Waals surface area contributed by atoms with Gasteiger partial charge in [0.1, 0.15) is 11.4 Å². The Kier molecular flexibility index (Phi) is 2.83. The van der Waals surface area contributed by atoms with Gasteiger partial charge < -0.3 is 15.2 Å². The smallest absolute Gasteiger partial charge is 0.124 e. The molecule has 3 atom stereocenters. The summed E-state index contributed by atoms with van der Waals surface area (Å²) in [5.74, 6) is 0.956. The highest BCUT2D eigenvalue weighted by atomic mass is 16.5. The second-order valence-electron chi connectivity index (χ2n) is 5.80. The fourth-order valence-electron chi connectivity index (χ4n) is 3.54. The van der Waals surface area contributed by atoms with Crippen LogP contribution in [0.2, 0.25) is 0 Å². The van der Waals surface area contributed by atoms with E-state index in [2.05, 4.69) is 19.9 Å². The van der Waals surface area contributed by atoms with Gasteiger partial charge in [-0.1, -0.05) is 18.2 Å². The lowest BCUT2D eigenvalue weighted by Crippen LogP contribution is -2.51. The van der Waals surface area contributed by atoms with Crippen molar-refractivity contribution in [2.75, 3.05) is 0 Å². The molecule has 0 bridgehead atoms. The summed E-state index contributed by atoms with van der Waals surface area (Å²) in [6.07, 6.45) is 3.23. The number of benzene rings is 1. The third-order valence-electron chi connectivity index (χ3n) is 4.02. The maximum atomic E-state index is 6.32. The first-order valence-electron chi connectivity index (χ1n) is 6.77. The Balaban J connectivity index is 1.93. The molecule has 2 aliphatic rings. The molecule has 3 nitrogen and oxygen atoms in total. The van der Waals surface area contributed by atoms with Crippen LogP contribution in [0.3, 0.4) is 0 Å². The second kappa shape index (κ2) is 4.25. The molecule has 0 aliphatic carbocycles. The summed E-state index contributed by atoms with van der Waals surface area (Å²) in [6, 6.07) is 8.21. The molecule has 98 valence electrons. The maximum absolute atomic E-state index is 6.32. The molecule has 0 aromatic heterocycles. The summed E-state index contributed by atoms with van der Waals surface area (Å²) >= 11 is 0. The van der Waals surface area contributed by atoms with E-state index >= 15 is 0 Å². The van der Waals surface area contributed by atoms with Crippen LogP contribution in [-0.4, -0.2) is 17.8 Å². The fourth-order valence-corrected chi connectivity index (χ4v) is 3.54. The van der Waals surface area contributed by atoms with E-state index in [1.807, 2.05) is 18.2 Å². The first-order valence-corrected chi connectivity index (χ1v) is 6.77. The van der Waals surface area contributed by atoms with Gasteiger partial charge in [-0.3, -0.25) is 0 Å². The Bertz CT molecular complexity index is 436. The number of hydrogen-bond acceptors (Lipinski definition) is 3. The van der Waals surface area contributed by atoms with Gasteiger partial charge in [0.25, 0.3) is 0 Å². The Morgan fingerprint density at radius 3 is 2.50 bits per heavy atom. The van der Waals surface area contributed by atoms with Crippen LogP contribution in [0.1, 0.15) is 44.7 Å². The molecule has 1 aromatic rings. The van der Waals surface area contributed by atoms with Crippen LogP contribution < -0.4 is 10.5 Å². The summed E-state index contributed by atoms with van der Waals surface area (Å²) in [5.41, 5.74) is 7.32. The number of rotatable bonds is 0. The van der Waals surface area contributed by atoms with Gasteiger partial charge in [-0.15, -0.1) is 0 Å². The highest BCUT2D eigenvalue weighted by Gasteiger charge is 2.45. The molecule has 3 rings (SSSR count). The molecule has 2 aliphatic heterocycles. The number of fused-ring (bicyclic) bond motifs is 1. The summed E-state index contributed by atoms with van der Waals surface area (Å²) in [6.45, 7) is 4.24. The molecule has 2 unspecified atom stereocenters. The lowest BCUT2D eigenvalue weighted by atomic mass is 9.79. The molecule has 0 amide bonds. The van der Waals surface area contributed by atoms with Crippen LogP contribution >= 0.6 is 0 Å². The van der Waals surface area contributed by atoms with Crippen LogP contribution in [-0.2, 0) is 4.74 Å². The molecule has 2 N–H and O–H groups in total. The Labute approximate surface area is 108 Å². The minimum atomic E-state index is -0.134. The van der Waals surface area contributed by atoms with Crippen molar-refractivity contribution in [3.63, 3.8) is 0 Å². The third kappa shape index (κ3) is 2.02. The van der Waals surface area contributed by atoms with Gasteiger partial charge in [0.05, 0.1) is 12.2 Å². The first-order chi connectivity index (χ1) is 8.58. The molecule has 18 heavy (non-hydrogen) atoms. The van der Waals surface area contributed by atoms with Crippen LogP contribution in [0.15, 0.2) is 24.3 Å². The van der Waals surface area contributed by atoms with E-state index < -0.39 is 0 Å². The molecule has 1 spiro atoms. The van der Waals surface area contributed by atoms with E-state index in [9.17, 15) is 0 Å². The first kappa shape index (κ1) is 12.0. The average molecular weight is 247 g/mol. The van der Waals surface area contributed by atoms with Crippen LogP contribution in [0.4, 0.5) is 0 Å². The maximum Gasteiger partial charge on any atom is 0.124 e. The van der Waals surface area contributed by atoms with Crippen LogP contribution in [0.25, 0.3) is 0 Å². The lowest BCUT2D eigenvalue weighted by Gasteiger charge is -2.47. The van der Waals surface area contributed by atoms with Crippen LogP contribution in [0, 0.1) is 0 Å². The van der Waals surface area contributed by atoms with Crippen molar-refractivity contribution in [2.24, 2.45) is 5.73 Å². The van der Waals surface area contributed by atoms with Crippen molar-refractivity contribution >= 4 is 0 Å². The van der Waals surface area contributed by atoms with E-state index in [-0.39, 0.29) is 23.9 Å². The Hall–Kier alpha value is -1.06. The van der Waals surface area contributed by atoms with Gasteiger partial charge in [0.15, 0.2) is 0 Å².